The van der Waals surface area contributed by atoms with Crippen LogP contribution in [-0.4, -0.2) is 20.4 Å². The molecule has 0 aliphatic rings. The van der Waals surface area contributed by atoms with Crippen LogP contribution in [0.25, 0.3) is 10.8 Å². The third kappa shape index (κ3) is 2.76. The molecule has 3 rings (SSSR count). The number of H-pyrrole nitrogens is 1. The maximum absolute atomic E-state index is 12.7. The van der Waals surface area contributed by atoms with Crippen molar-refractivity contribution in [1.82, 2.24) is 9.55 Å². The summed E-state index contributed by atoms with van der Waals surface area (Å²) in [5.74, 6) is -0.547. The van der Waals surface area contributed by atoms with Crippen LogP contribution >= 0.6 is 0 Å². The molecule has 0 bridgehead atoms. The molecule has 2 aromatic heterocycles. The molecule has 0 atom stereocenters. The van der Waals surface area contributed by atoms with Crippen molar-refractivity contribution in [3.8, 4) is 5.75 Å². The minimum atomic E-state index is -0.393. The van der Waals surface area contributed by atoms with Crippen LogP contribution in [0, 0.1) is 13.8 Å². The van der Waals surface area contributed by atoms with E-state index in [1.165, 1.54) is 0 Å². The van der Waals surface area contributed by atoms with Crippen LogP contribution in [0.5, 0.6) is 5.75 Å². The van der Waals surface area contributed by atoms with Gasteiger partial charge in [0.25, 0.3) is 5.56 Å². The van der Waals surface area contributed by atoms with Gasteiger partial charge in [-0.1, -0.05) is 43.7 Å². The van der Waals surface area contributed by atoms with E-state index in [1.807, 2.05) is 24.5 Å². The Labute approximate surface area is 145 Å². The molecule has 0 spiro atoms. The first-order chi connectivity index (χ1) is 12.0. The van der Waals surface area contributed by atoms with Crippen molar-refractivity contribution < 1.29 is 9.90 Å². The summed E-state index contributed by atoms with van der Waals surface area (Å²) in [5.41, 5.74) is 1.65. The fourth-order valence-corrected chi connectivity index (χ4v) is 3.36. The second kappa shape index (κ2) is 6.59. The molecule has 0 unspecified atom stereocenters. The lowest BCUT2D eigenvalue weighted by Gasteiger charge is -2.08. The lowest BCUT2D eigenvalue weighted by atomic mass is 10.0. The summed E-state index contributed by atoms with van der Waals surface area (Å²) in [4.78, 5) is 27.9. The highest BCUT2D eigenvalue weighted by Crippen LogP contribution is 2.33. The quantitative estimate of drug-likeness (QED) is 0.697. The third-order valence-electron chi connectivity index (χ3n) is 4.72. The molecule has 0 aliphatic heterocycles. The summed E-state index contributed by atoms with van der Waals surface area (Å²) >= 11 is 0. The molecule has 130 valence electrons. The summed E-state index contributed by atoms with van der Waals surface area (Å²) in [5, 5.41) is 11.7. The van der Waals surface area contributed by atoms with Crippen molar-refractivity contribution >= 4 is 16.6 Å². The van der Waals surface area contributed by atoms with E-state index in [-0.39, 0.29) is 17.0 Å². The molecular weight excluding hydrogens is 316 g/mol. The number of hydrogen-bond donors (Lipinski definition) is 2. The van der Waals surface area contributed by atoms with Gasteiger partial charge in [-0.05, 0) is 20.3 Å². The Morgan fingerprint density at radius 3 is 2.40 bits per heavy atom. The number of pyridine rings is 1. The van der Waals surface area contributed by atoms with E-state index in [9.17, 15) is 14.7 Å². The zero-order valence-electron chi connectivity index (χ0n) is 14.7. The largest absolute Gasteiger partial charge is 0.505 e. The molecule has 0 fully saturated rings. The summed E-state index contributed by atoms with van der Waals surface area (Å²) in [6, 6.07) is 8.63. The van der Waals surface area contributed by atoms with Crippen LogP contribution in [0.15, 0.2) is 35.1 Å². The molecule has 0 amide bonds. The van der Waals surface area contributed by atoms with Gasteiger partial charge in [0.1, 0.15) is 5.69 Å². The number of ketones is 1. The average molecular weight is 338 g/mol. The van der Waals surface area contributed by atoms with Crippen LogP contribution in [0.1, 0.15) is 47.2 Å². The number of aromatic amines is 1. The van der Waals surface area contributed by atoms with Crippen LogP contribution in [0.2, 0.25) is 0 Å². The zero-order valence-corrected chi connectivity index (χ0v) is 14.7. The Morgan fingerprint density at radius 2 is 1.76 bits per heavy atom. The average Bonchev–Trinajstić information content (AvgIpc) is 2.88. The molecule has 0 saturated heterocycles. The number of hydrogen-bond acceptors (Lipinski definition) is 3. The van der Waals surface area contributed by atoms with Crippen molar-refractivity contribution in [2.45, 2.75) is 40.2 Å². The second-order valence-corrected chi connectivity index (χ2v) is 6.30. The van der Waals surface area contributed by atoms with Gasteiger partial charge in [-0.2, -0.15) is 0 Å². The zero-order chi connectivity index (χ0) is 18.1. The van der Waals surface area contributed by atoms with E-state index in [0.717, 1.165) is 30.8 Å². The van der Waals surface area contributed by atoms with Gasteiger partial charge in [0, 0.05) is 23.5 Å². The molecule has 5 heteroatoms. The van der Waals surface area contributed by atoms with Gasteiger partial charge in [0.05, 0.1) is 10.8 Å². The molecule has 0 aliphatic carbocycles. The maximum Gasteiger partial charge on any atom is 0.258 e. The molecular formula is C20H22N2O3. The first-order valence-electron chi connectivity index (χ1n) is 8.51. The molecule has 1 aromatic carbocycles. The Balaban J connectivity index is 2.24. The number of carbonyl (C=O) groups excluding carboxylic acids is 1. The lowest BCUT2D eigenvalue weighted by Crippen LogP contribution is -2.14. The summed E-state index contributed by atoms with van der Waals surface area (Å²) in [6.07, 6.45) is 2.02. The van der Waals surface area contributed by atoms with Crippen LogP contribution in [-0.2, 0) is 6.54 Å². The SMILES string of the molecule is CCCCn1c(C)c2c(O)c(C(=O)c3ccccc3)[nH]c(=O)c2c1C. The number of nitrogens with zero attached hydrogens (tertiary/aromatic N) is 1. The lowest BCUT2D eigenvalue weighted by molar-refractivity contribution is 0.103. The van der Waals surface area contributed by atoms with Crippen molar-refractivity contribution in [3.63, 3.8) is 0 Å². The van der Waals surface area contributed by atoms with Gasteiger partial charge in [-0.25, -0.2) is 0 Å². The number of nitrogens with one attached hydrogen (secondary N) is 1. The standard InChI is InChI=1S/C20H22N2O3/c1-4-5-11-22-12(2)15-16(13(22)3)20(25)21-17(19(15)24)18(23)14-9-7-6-8-10-14/h6-10,24H,4-5,11H2,1-3H3,(H,21,25). The highest BCUT2D eigenvalue weighted by atomic mass is 16.3. The third-order valence-corrected chi connectivity index (χ3v) is 4.72. The predicted octanol–water partition coefficient (Wildman–Crippen LogP) is 3.68. The van der Waals surface area contributed by atoms with E-state index in [0.29, 0.717) is 16.3 Å². The molecule has 3 aromatic rings. The van der Waals surface area contributed by atoms with E-state index in [4.69, 9.17) is 0 Å². The molecule has 0 radical (unpaired) electrons. The van der Waals surface area contributed by atoms with E-state index in [1.54, 1.807) is 24.3 Å². The minimum Gasteiger partial charge on any atom is -0.505 e. The van der Waals surface area contributed by atoms with Crippen LogP contribution < -0.4 is 5.56 Å². The fourth-order valence-electron chi connectivity index (χ4n) is 3.36. The topological polar surface area (TPSA) is 75.1 Å². The number of benzene rings is 1. The molecule has 25 heavy (non-hydrogen) atoms. The highest BCUT2D eigenvalue weighted by molar-refractivity contribution is 6.12. The number of aryl methyl sites for hydroxylation is 2. The second-order valence-electron chi connectivity index (χ2n) is 6.30. The monoisotopic (exact) mass is 338 g/mol. The van der Waals surface area contributed by atoms with Gasteiger partial charge in [0.2, 0.25) is 5.78 Å². The molecule has 2 N–H and O–H groups in total. The Bertz CT molecular complexity index is 997. The number of unbranched alkanes of at least 4 members (excludes halogenated alkanes) is 1. The summed E-state index contributed by atoms with van der Waals surface area (Å²) < 4.78 is 2.04. The van der Waals surface area contributed by atoms with Crippen molar-refractivity contribution in [3.05, 3.63) is 63.3 Å². The fraction of sp³-hybridized carbons (Fsp3) is 0.300. The molecule has 2 heterocycles. The van der Waals surface area contributed by atoms with Crippen molar-refractivity contribution in [2.24, 2.45) is 0 Å². The van der Waals surface area contributed by atoms with Gasteiger partial charge in [0.15, 0.2) is 5.75 Å². The molecule has 0 saturated carbocycles. The maximum atomic E-state index is 12.7. The minimum absolute atomic E-state index is 0.0561. The Kier molecular flexibility index (Phi) is 4.49. The van der Waals surface area contributed by atoms with Gasteiger partial charge < -0.3 is 14.7 Å². The van der Waals surface area contributed by atoms with Crippen LogP contribution in [0.3, 0.4) is 0 Å². The van der Waals surface area contributed by atoms with Crippen LogP contribution in [0.4, 0.5) is 0 Å². The smallest absolute Gasteiger partial charge is 0.258 e. The first kappa shape index (κ1) is 17.0. The highest BCUT2D eigenvalue weighted by Gasteiger charge is 2.23. The molecule has 5 nitrogen and oxygen atoms in total. The van der Waals surface area contributed by atoms with E-state index < -0.39 is 5.78 Å². The Hall–Kier alpha value is -2.82. The van der Waals surface area contributed by atoms with Crippen molar-refractivity contribution in [1.29, 1.82) is 0 Å². The number of fused-ring (bicyclic) bond motifs is 1. The first-order valence-corrected chi connectivity index (χ1v) is 8.51. The summed E-state index contributed by atoms with van der Waals surface area (Å²) in [6.45, 7) is 6.64. The van der Waals surface area contributed by atoms with Gasteiger partial charge in [-0.3, -0.25) is 9.59 Å². The van der Waals surface area contributed by atoms with E-state index in [2.05, 4.69) is 11.9 Å². The van der Waals surface area contributed by atoms with E-state index >= 15 is 0 Å². The summed E-state index contributed by atoms with van der Waals surface area (Å²) in [7, 11) is 0. The van der Waals surface area contributed by atoms with Gasteiger partial charge in [-0.15, -0.1) is 0 Å². The number of rotatable bonds is 5. The van der Waals surface area contributed by atoms with Crippen molar-refractivity contribution in [2.75, 3.05) is 0 Å². The normalized spacial score (nSPS) is 11.2. The number of aromatic nitrogens is 2. The number of carbonyl (C=O) groups is 1. The number of aromatic hydroxyl groups is 1. The van der Waals surface area contributed by atoms with Gasteiger partial charge >= 0.3 is 0 Å². The Morgan fingerprint density at radius 1 is 1.12 bits per heavy atom. The predicted molar refractivity (Wildman–Crippen MR) is 98.5 cm³/mol.